The smallest absolute Gasteiger partial charge is 0.0684 e. The van der Waals surface area contributed by atoms with Crippen LogP contribution in [0.15, 0.2) is 36.5 Å². The number of pyridine rings is 1. The summed E-state index contributed by atoms with van der Waals surface area (Å²) >= 11 is 0. The number of hydrogen-bond acceptors (Lipinski definition) is 2. The summed E-state index contributed by atoms with van der Waals surface area (Å²) in [5.41, 5.74) is 5.36. The van der Waals surface area contributed by atoms with Gasteiger partial charge in [0.05, 0.1) is 6.61 Å². The molecule has 1 aromatic carbocycles. The molecule has 82 valence electrons. The van der Waals surface area contributed by atoms with Crippen LogP contribution >= 0.6 is 0 Å². The van der Waals surface area contributed by atoms with Crippen molar-refractivity contribution in [3.8, 4) is 11.1 Å². The molecule has 2 aromatic rings. The van der Waals surface area contributed by atoms with Crippen molar-refractivity contribution in [1.29, 1.82) is 0 Å². The van der Waals surface area contributed by atoms with Gasteiger partial charge in [-0.25, -0.2) is 0 Å². The fourth-order valence-corrected chi connectivity index (χ4v) is 1.69. The molecule has 0 saturated carbocycles. The third kappa shape index (κ3) is 2.12. The van der Waals surface area contributed by atoms with Crippen LogP contribution in [0, 0.1) is 13.8 Å². The standard InChI is InChI=1S/C14H15NO/c1-10-7-12(5-6-14(10)9-16)13-4-3-11(2)15-8-13/h3-8,16H,9H2,1-2H3. The largest absolute Gasteiger partial charge is 0.392 e. The van der Waals surface area contributed by atoms with Crippen LogP contribution in [0.5, 0.6) is 0 Å². The summed E-state index contributed by atoms with van der Waals surface area (Å²) in [6.45, 7) is 4.08. The van der Waals surface area contributed by atoms with Crippen LogP contribution in [0.1, 0.15) is 16.8 Å². The first-order valence-electron chi connectivity index (χ1n) is 5.34. The van der Waals surface area contributed by atoms with Crippen molar-refractivity contribution < 1.29 is 5.11 Å². The van der Waals surface area contributed by atoms with Gasteiger partial charge in [0.2, 0.25) is 0 Å². The summed E-state index contributed by atoms with van der Waals surface area (Å²) in [6.07, 6.45) is 1.88. The number of aromatic nitrogens is 1. The van der Waals surface area contributed by atoms with E-state index in [0.29, 0.717) is 0 Å². The lowest BCUT2D eigenvalue weighted by atomic mass is 10.0. The van der Waals surface area contributed by atoms with Gasteiger partial charge in [0, 0.05) is 17.5 Å². The van der Waals surface area contributed by atoms with Crippen LogP contribution in [0.3, 0.4) is 0 Å². The highest BCUT2D eigenvalue weighted by molar-refractivity contribution is 5.64. The van der Waals surface area contributed by atoms with E-state index in [1.54, 1.807) is 0 Å². The minimum Gasteiger partial charge on any atom is -0.392 e. The van der Waals surface area contributed by atoms with Crippen molar-refractivity contribution in [3.05, 3.63) is 53.3 Å². The second-order valence-electron chi connectivity index (χ2n) is 3.99. The third-order valence-corrected chi connectivity index (χ3v) is 2.76. The zero-order valence-corrected chi connectivity index (χ0v) is 9.57. The van der Waals surface area contributed by atoms with E-state index in [1.165, 1.54) is 0 Å². The van der Waals surface area contributed by atoms with Crippen LogP contribution in [0.2, 0.25) is 0 Å². The number of aliphatic hydroxyl groups excluding tert-OH is 1. The first-order valence-corrected chi connectivity index (χ1v) is 5.34. The van der Waals surface area contributed by atoms with E-state index in [1.807, 2.05) is 38.2 Å². The Kier molecular flexibility index (Phi) is 3.02. The molecule has 16 heavy (non-hydrogen) atoms. The van der Waals surface area contributed by atoms with Crippen molar-refractivity contribution in [2.75, 3.05) is 0 Å². The molecule has 2 heteroatoms. The van der Waals surface area contributed by atoms with Gasteiger partial charge in [-0.05, 0) is 36.6 Å². The third-order valence-electron chi connectivity index (χ3n) is 2.76. The van der Waals surface area contributed by atoms with Crippen LogP contribution < -0.4 is 0 Å². The molecule has 1 N–H and O–H groups in total. The van der Waals surface area contributed by atoms with E-state index in [9.17, 15) is 0 Å². The van der Waals surface area contributed by atoms with Gasteiger partial charge in [0.15, 0.2) is 0 Å². The Morgan fingerprint density at radius 3 is 2.38 bits per heavy atom. The Morgan fingerprint density at radius 1 is 1.06 bits per heavy atom. The summed E-state index contributed by atoms with van der Waals surface area (Å²) in [7, 11) is 0. The maximum atomic E-state index is 9.10. The van der Waals surface area contributed by atoms with Crippen molar-refractivity contribution >= 4 is 0 Å². The van der Waals surface area contributed by atoms with E-state index < -0.39 is 0 Å². The zero-order valence-electron chi connectivity index (χ0n) is 9.57. The summed E-state index contributed by atoms with van der Waals surface area (Å²) in [5.74, 6) is 0. The van der Waals surface area contributed by atoms with Crippen molar-refractivity contribution in [3.63, 3.8) is 0 Å². The van der Waals surface area contributed by atoms with Crippen LogP contribution in [0.4, 0.5) is 0 Å². The molecule has 0 spiro atoms. The topological polar surface area (TPSA) is 33.1 Å². The SMILES string of the molecule is Cc1ccc(-c2ccc(CO)c(C)c2)cn1. The molecule has 0 unspecified atom stereocenters. The summed E-state index contributed by atoms with van der Waals surface area (Å²) in [6, 6.07) is 10.1. The second-order valence-corrected chi connectivity index (χ2v) is 3.99. The molecule has 2 nitrogen and oxygen atoms in total. The molecule has 0 fully saturated rings. The Balaban J connectivity index is 2.41. The molecule has 0 bridgehead atoms. The highest BCUT2D eigenvalue weighted by Crippen LogP contribution is 2.21. The van der Waals surface area contributed by atoms with Gasteiger partial charge in [-0.3, -0.25) is 4.98 Å². The van der Waals surface area contributed by atoms with Gasteiger partial charge in [-0.1, -0.05) is 24.3 Å². The zero-order chi connectivity index (χ0) is 11.5. The van der Waals surface area contributed by atoms with Gasteiger partial charge >= 0.3 is 0 Å². The van der Waals surface area contributed by atoms with E-state index in [4.69, 9.17) is 5.11 Å². The number of hydrogen-bond donors (Lipinski definition) is 1. The van der Waals surface area contributed by atoms with E-state index in [0.717, 1.165) is 27.9 Å². The Hall–Kier alpha value is -1.67. The summed E-state index contributed by atoms with van der Waals surface area (Å²) in [5, 5.41) is 9.10. The number of rotatable bonds is 2. The maximum absolute atomic E-state index is 9.10. The average molecular weight is 213 g/mol. The molecule has 0 saturated heterocycles. The first-order chi connectivity index (χ1) is 7.70. The minimum absolute atomic E-state index is 0.0955. The molecular weight excluding hydrogens is 198 g/mol. The summed E-state index contributed by atoms with van der Waals surface area (Å²) in [4.78, 5) is 4.28. The Bertz CT molecular complexity index is 489. The van der Waals surface area contributed by atoms with E-state index in [2.05, 4.69) is 17.1 Å². The Morgan fingerprint density at radius 2 is 1.81 bits per heavy atom. The molecule has 1 aromatic heterocycles. The lowest BCUT2D eigenvalue weighted by Crippen LogP contribution is -1.90. The van der Waals surface area contributed by atoms with Crippen LogP contribution in [0.25, 0.3) is 11.1 Å². The fraction of sp³-hybridized carbons (Fsp3) is 0.214. The number of benzene rings is 1. The van der Waals surface area contributed by atoms with Crippen molar-refractivity contribution in [2.45, 2.75) is 20.5 Å². The predicted octanol–water partition coefficient (Wildman–Crippen LogP) is 2.86. The van der Waals surface area contributed by atoms with Gasteiger partial charge in [0.25, 0.3) is 0 Å². The first kappa shape index (κ1) is 10.8. The highest BCUT2D eigenvalue weighted by atomic mass is 16.3. The number of aryl methyl sites for hydroxylation is 2. The fourth-order valence-electron chi connectivity index (χ4n) is 1.69. The predicted molar refractivity (Wildman–Crippen MR) is 65.1 cm³/mol. The highest BCUT2D eigenvalue weighted by Gasteiger charge is 2.01. The van der Waals surface area contributed by atoms with E-state index in [-0.39, 0.29) is 6.61 Å². The second kappa shape index (κ2) is 4.45. The van der Waals surface area contributed by atoms with Crippen molar-refractivity contribution in [2.24, 2.45) is 0 Å². The molecule has 2 rings (SSSR count). The quantitative estimate of drug-likeness (QED) is 0.832. The molecule has 0 atom stereocenters. The Labute approximate surface area is 95.6 Å². The van der Waals surface area contributed by atoms with Gasteiger partial charge in [0.1, 0.15) is 0 Å². The summed E-state index contributed by atoms with van der Waals surface area (Å²) < 4.78 is 0. The molecule has 1 heterocycles. The monoisotopic (exact) mass is 213 g/mol. The number of nitrogens with zero attached hydrogens (tertiary/aromatic N) is 1. The normalized spacial score (nSPS) is 10.4. The van der Waals surface area contributed by atoms with Gasteiger partial charge in [-0.2, -0.15) is 0 Å². The average Bonchev–Trinajstić information content (AvgIpc) is 2.30. The molecule has 0 aliphatic carbocycles. The van der Waals surface area contributed by atoms with Crippen LogP contribution in [-0.2, 0) is 6.61 Å². The van der Waals surface area contributed by atoms with E-state index >= 15 is 0 Å². The minimum atomic E-state index is 0.0955. The lowest BCUT2D eigenvalue weighted by molar-refractivity contribution is 0.281. The molecule has 0 aliphatic heterocycles. The molecule has 0 amide bonds. The van der Waals surface area contributed by atoms with Gasteiger partial charge < -0.3 is 5.11 Å². The molecular formula is C14H15NO. The van der Waals surface area contributed by atoms with Crippen LogP contribution in [-0.4, -0.2) is 10.1 Å². The van der Waals surface area contributed by atoms with Gasteiger partial charge in [-0.15, -0.1) is 0 Å². The van der Waals surface area contributed by atoms with Crippen molar-refractivity contribution in [1.82, 2.24) is 4.98 Å². The number of aliphatic hydroxyl groups is 1. The lowest BCUT2D eigenvalue weighted by Gasteiger charge is -2.06. The maximum Gasteiger partial charge on any atom is 0.0684 e. The molecule has 0 radical (unpaired) electrons. The molecule has 0 aliphatic rings.